The van der Waals surface area contributed by atoms with Crippen LogP contribution in [0.4, 0.5) is 5.69 Å². The van der Waals surface area contributed by atoms with Gasteiger partial charge < -0.3 is 15.9 Å². The van der Waals surface area contributed by atoms with Gasteiger partial charge >= 0.3 is 0 Å². The fourth-order valence-corrected chi connectivity index (χ4v) is 0.672. The molecule has 0 saturated heterocycles. The molecule has 0 aliphatic heterocycles. The van der Waals surface area contributed by atoms with Crippen molar-refractivity contribution >= 4 is 19.0 Å². The molecule has 0 spiro atoms. The second-order valence-electron chi connectivity index (χ2n) is 5.18. The number of benzene rings is 1. The van der Waals surface area contributed by atoms with Gasteiger partial charge in [-0.2, -0.15) is 0 Å². The van der Waals surface area contributed by atoms with Crippen molar-refractivity contribution in [3.05, 3.63) is 23.8 Å². The van der Waals surface area contributed by atoms with Crippen LogP contribution in [0.25, 0.3) is 0 Å². The number of nitrogen functional groups attached to an aromatic ring is 1. The van der Waals surface area contributed by atoms with Crippen LogP contribution in [-0.4, -0.2) is 29.3 Å². The van der Waals surface area contributed by atoms with Crippen molar-refractivity contribution in [2.24, 2.45) is 0 Å². The van der Waals surface area contributed by atoms with E-state index in [1.54, 1.807) is 27.7 Å². The lowest BCUT2D eigenvalue weighted by Gasteiger charge is -2.31. The number of hydrogen-bond acceptors (Lipinski definition) is 3. The Bertz CT molecular complexity index is 333. The van der Waals surface area contributed by atoms with Gasteiger partial charge in [0.2, 0.25) is 0 Å². The predicted molar refractivity (Wildman–Crippen MR) is 84.9 cm³/mol. The van der Waals surface area contributed by atoms with Crippen LogP contribution in [0.3, 0.4) is 0 Å². The summed E-state index contributed by atoms with van der Waals surface area (Å²) in [4.78, 5) is 0. The van der Waals surface area contributed by atoms with Crippen LogP contribution in [0.5, 0.6) is 0 Å². The summed E-state index contributed by atoms with van der Waals surface area (Å²) < 4.78 is 0. The standard InChI is InChI=1S/C7H8BN.C6H14O2.C2H6/c1-5-6(8)3-2-4-7(5)9;1-5(2,7)6(3,4)8;1-2/h2-4H,9H2,1H3;7-8H,1-4H3;1-2H3. The van der Waals surface area contributed by atoms with Crippen molar-refractivity contribution in [1.82, 2.24) is 0 Å². The summed E-state index contributed by atoms with van der Waals surface area (Å²) >= 11 is 0. The Morgan fingerprint density at radius 2 is 1.37 bits per heavy atom. The zero-order chi connectivity index (χ0) is 15.9. The van der Waals surface area contributed by atoms with Gasteiger partial charge in [0.25, 0.3) is 0 Å². The number of nitrogens with two attached hydrogens (primary N) is 1. The van der Waals surface area contributed by atoms with Gasteiger partial charge in [-0.15, -0.1) is 0 Å². The van der Waals surface area contributed by atoms with E-state index in [9.17, 15) is 0 Å². The quantitative estimate of drug-likeness (QED) is 0.537. The maximum atomic E-state index is 9.10. The molecule has 0 aliphatic carbocycles. The van der Waals surface area contributed by atoms with Gasteiger partial charge in [0.15, 0.2) is 0 Å². The first-order valence-electron chi connectivity index (χ1n) is 6.52. The molecule has 0 atom stereocenters. The Hall–Kier alpha value is -0.995. The van der Waals surface area contributed by atoms with E-state index < -0.39 is 11.2 Å². The molecule has 1 aromatic carbocycles. The first-order valence-corrected chi connectivity index (χ1v) is 6.52. The smallest absolute Gasteiger partial charge is 0.114 e. The Balaban J connectivity index is 0. The van der Waals surface area contributed by atoms with Crippen LogP contribution in [0.1, 0.15) is 47.1 Å². The first-order chi connectivity index (χ1) is 8.47. The monoisotopic (exact) mass is 265 g/mol. The third-order valence-electron chi connectivity index (χ3n) is 2.91. The molecule has 1 rings (SSSR count). The number of rotatable bonds is 1. The molecule has 0 saturated carbocycles. The molecule has 19 heavy (non-hydrogen) atoms. The Kier molecular flexibility index (Phi) is 8.80. The van der Waals surface area contributed by atoms with Crippen molar-refractivity contribution < 1.29 is 10.2 Å². The summed E-state index contributed by atoms with van der Waals surface area (Å²) in [5.41, 5.74) is 6.02. The molecule has 0 aliphatic rings. The lowest BCUT2D eigenvalue weighted by molar-refractivity contribution is -0.107. The van der Waals surface area contributed by atoms with E-state index in [1.807, 2.05) is 39.0 Å². The lowest BCUT2D eigenvalue weighted by Crippen LogP contribution is -2.44. The van der Waals surface area contributed by atoms with Gasteiger partial charge in [0.05, 0.1) is 11.2 Å². The van der Waals surface area contributed by atoms with E-state index in [4.69, 9.17) is 23.8 Å². The molecule has 1 aromatic rings. The highest BCUT2D eigenvalue weighted by Gasteiger charge is 2.31. The predicted octanol–water partition coefficient (Wildman–Crippen LogP) is 1.93. The average Bonchev–Trinajstić information content (AvgIpc) is 2.27. The number of hydrogen-bond donors (Lipinski definition) is 3. The van der Waals surface area contributed by atoms with E-state index >= 15 is 0 Å². The molecule has 4 heteroatoms. The van der Waals surface area contributed by atoms with E-state index in [0.717, 1.165) is 16.7 Å². The van der Waals surface area contributed by atoms with E-state index in [-0.39, 0.29) is 0 Å². The zero-order valence-electron chi connectivity index (χ0n) is 13.3. The molecular formula is C15H28BNO2. The lowest BCUT2D eigenvalue weighted by atomic mass is 9.90. The first kappa shape index (κ1) is 20.3. The molecule has 0 heterocycles. The Morgan fingerprint density at radius 3 is 1.58 bits per heavy atom. The molecule has 0 amide bonds. The highest BCUT2D eigenvalue weighted by Crippen LogP contribution is 2.19. The molecule has 3 nitrogen and oxygen atoms in total. The molecule has 0 fully saturated rings. The van der Waals surface area contributed by atoms with Crippen LogP contribution in [0.15, 0.2) is 18.2 Å². The molecule has 0 unspecified atom stereocenters. The topological polar surface area (TPSA) is 66.5 Å². The highest BCUT2D eigenvalue weighted by molar-refractivity contribution is 6.33. The average molecular weight is 265 g/mol. The molecular weight excluding hydrogens is 237 g/mol. The van der Waals surface area contributed by atoms with Crippen LogP contribution in [0.2, 0.25) is 0 Å². The molecule has 2 radical (unpaired) electrons. The summed E-state index contributed by atoms with van der Waals surface area (Å²) in [5, 5.41) is 18.2. The van der Waals surface area contributed by atoms with Crippen LogP contribution >= 0.6 is 0 Å². The summed E-state index contributed by atoms with van der Waals surface area (Å²) in [5.74, 6) is 0. The van der Waals surface area contributed by atoms with E-state index in [1.165, 1.54) is 0 Å². The maximum Gasteiger partial charge on any atom is 0.114 e. The van der Waals surface area contributed by atoms with Crippen LogP contribution in [0, 0.1) is 6.92 Å². The Labute approximate surface area is 119 Å². The minimum atomic E-state index is -1.01. The zero-order valence-corrected chi connectivity index (χ0v) is 13.3. The third-order valence-corrected chi connectivity index (χ3v) is 2.91. The van der Waals surface area contributed by atoms with Crippen LogP contribution in [-0.2, 0) is 0 Å². The highest BCUT2D eigenvalue weighted by atomic mass is 16.3. The number of anilines is 1. The van der Waals surface area contributed by atoms with Gasteiger partial charge in [-0.1, -0.05) is 31.4 Å². The molecule has 0 bridgehead atoms. The van der Waals surface area contributed by atoms with Crippen molar-refractivity contribution in [1.29, 1.82) is 0 Å². The summed E-state index contributed by atoms with van der Waals surface area (Å²) in [6.45, 7) is 12.2. The van der Waals surface area contributed by atoms with E-state index in [2.05, 4.69) is 0 Å². The minimum Gasteiger partial charge on any atom is -0.399 e. The summed E-state index contributed by atoms with van der Waals surface area (Å²) in [6.07, 6.45) is 0. The fraction of sp³-hybridized carbons (Fsp3) is 0.600. The third kappa shape index (κ3) is 7.91. The minimum absolute atomic E-state index is 0.759. The largest absolute Gasteiger partial charge is 0.399 e. The van der Waals surface area contributed by atoms with Crippen molar-refractivity contribution in [2.45, 2.75) is 59.7 Å². The van der Waals surface area contributed by atoms with Gasteiger partial charge in [-0.25, -0.2) is 0 Å². The van der Waals surface area contributed by atoms with Crippen molar-refractivity contribution in [3.8, 4) is 0 Å². The van der Waals surface area contributed by atoms with Gasteiger partial charge in [-0.3, -0.25) is 0 Å². The molecule has 0 aromatic heterocycles. The Morgan fingerprint density at radius 1 is 1.00 bits per heavy atom. The molecule has 4 N–H and O–H groups in total. The fourth-order valence-electron chi connectivity index (χ4n) is 0.672. The SMILES string of the molecule is CC.CC(C)(O)C(C)(C)O.[B]c1cccc(N)c1C. The second kappa shape index (κ2) is 8.23. The van der Waals surface area contributed by atoms with Crippen molar-refractivity contribution in [2.75, 3.05) is 5.73 Å². The van der Waals surface area contributed by atoms with E-state index in [0.29, 0.717) is 0 Å². The maximum absolute atomic E-state index is 9.10. The summed E-state index contributed by atoms with van der Waals surface area (Å²) in [6, 6.07) is 5.52. The van der Waals surface area contributed by atoms with Gasteiger partial charge in [-0.05, 0) is 46.2 Å². The number of aliphatic hydroxyl groups is 2. The normalized spacial score (nSPS) is 10.8. The van der Waals surface area contributed by atoms with Gasteiger partial charge in [0.1, 0.15) is 7.85 Å². The second-order valence-corrected chi connectivity index (χ2v) is 5.18. The summed E-state index contributed by atoms with van der Waals surface area (Å²) in [7, 11) is 5.54. The molecule has 108 valence electrons. The van der Waals surface area contributed by atoms with Gasteiger partial charge in [0, 0.05) is 5.69 Å². The van der Waals surface area contributed by atoms with Crippen LogP contribution < -0.4 is 11.2 Å². The van der Waals surface area contributed by atoms with Crippen molar-refractivity contribution in [3.63, 3.8) is 0 Å².